The summed E-state index contributed by atoms with van der Waals surface area (Å²) in [6, 6.07) is 23.3. The van der Waals surface area contributed by atoms with E-state index >= 15 is 0 Å². The van der Waals surface area contributed by atoms with Gasteiger partial charge in [0.2, 0.25) is 0 Å². The maximum Gasteiger partial charge on any atom is 0.296 e. The Morgan fingerprint density at radius 1 is 1.00 bits per heavy atom. The number of hydrogen-bond acceptors (Lipinski definition) is 4. The van der Waals surface area contributed by atoms with Gasteiger partial charge in [-0.15, -0.1) is 0 Å². The van der Waals surface area contributed by atoms with Crippen LogP contribution in [-0.2, 0) is 6.54 Å². The lowest BCUT2D eigenvalue weighted by atomic mass is 10.2. The quantitative estimate of drug-likeness (QED) is 0.369. The van der Waals surface area contributed by atoms with Crippen LogP contribution in [0.2, 0.25) is 0 Å². The first-order chi connectivity index (χ1) is 14.2. The molecule has 6 heteroatoms. The molecule has 0 N–H and O–H groups in total. The van der Waals surface area contributed by atoms with Crippen LogP contribution < -0.4 is 4.90 Å². The summed E-state index contributed by atoms with van der Waals surface area (Å²) in [4.78, 5) is 19.5. The lowest BCUT2D eigenvalue weighted by Crippen LogP contribution is -2.30. The predicted octanol–water partition coefficient (Wildman–Crippen LogP) is 6.03. The fourth-order valence-corrected chi connectivity index (χ4v) is 4.20. The minimum absolute atomic E-state index is 0.243. The van der Waals surface area contributed by atoms with E-state index in [0.29, 0.717) is 27.5 Å². The van der Waals surface area contributed by atoms with E-state index in [0.717, 1.165) is 10.9 Å². The standard InChI is InChI=1S/C23H15FN2O2S/c24-17-10-11-18-21(13-17)29-23(25-18)26(14-15-6-2-1-3-7-15)22(27)20-12-16-8-4-5-9-19(16)28-20/h1-13H,14H2. The topological polar surface area (TPSA) is 46.3 Å². The van der Waals surface area contributed by atoms with E-state index < -0.39 is 0 Å². The van der Waals surface area contributed by atoms with Gasteiger partial charge in [0.25, 0.3) is 5.91 Å². The number of carbonyl (C=O) groups is 1. The van der Waals surface area contributed by atoms with Crippen molar-refractivity contribution in [3.8, 4) is 0 Å². The SMILES string of the molecule is O=C(c1cc2ccccc2o1)N(Cc1ccccc1)c1nc2ccc(F)cc2s1. The second-order valence-corrected chi connectivity index (χ2v) is 7.64. The summed E-state index contributed by atoms with van der Waals surface area (Å²) in [6.45, 7) is 0.332. The van der Waals surface area contributed by atoms with Crippen molar-refractivity contribution in [2.75, 3.05) is 4.90 Å². The van der Waals surface area contributed by atoms with Gasteiger partial charge in [-0.1, -0.05) is 59.9 Å². The molecule has 0 aliphatic carbocycles. The zero-order chi connectivity index (χ0) is 19.8. The van der Waals surface area contributed by atoms with Crippen LogP contribution in [0.1, 0.15) is 16.1 Å². The summed E-state index contributed by atoms with van der Waals surface area (Å²) in [6.07, 6.45) is 0. The van der Waals surface area contributed by atoms with E-state index in [1.807, 2.05) is 54.6 Å². The van der Waals surface area contributed by atoms with Crippen LogP contribution in [-0.4, -0.2) is 10.9 Å². The molecule has 4 nitrogen and oxygen atoms in total. The number of furan rings is 1. The highest BCUT2D eigenvalue weighted by molar-refractivity contribution is 7.22. The van der Waals surface area contributed by atoms with E-state index in [4.69, 9.17) is 4.42 Å². The molecule has 142 valence electrons. The molecule has 5 aromatic rings. The molecule has 0 aliphatic rings. The smallest absolute Gasteiger partial charge is 0.296 e. The Labute approximate surface area is 169 Å². The fourth-order valence-electron chi connectivity index (χ4n) is 3.21. The number of aromatic nitrogens is 1. The van der Waals surface area contributed by atoms with Crippen molar-refractivity contribution < 1.29 is 13.6 Å². The average molecular weight is 402 g/mol. The summed E-state index contributed by atoms with van der Waals surface area (Å²) in [7, 11) is 0. The van der Waals surface area contributed by atoms with E-state index in [1.54, 1.807) is 17.0 Å². The molecule has 1 amide bonds. The number of hydrogen-bond donors (Lipinski definition) is 0. The van der Waals surface area contributed by atoms with Crippen LogP contribution in [0.3, 0.4) is 0 Å². The predicted molar refractivity (Wildman–Crippen MR) is 113 cm³/mol. The maximum atomic E-state index is 13.6. The van der Waals surface area contributed by atoms with Gasteiger partial charge in [-0.25, -0.2) is 9.37 Å². The molecule has 0 unspecified atom stereocenters. The maximum absolute atomic E-state index is 13.6. The lowest BCUT2D eigenvalue weighted by molar-refractivity contribution is 0.0960. The van der Waals surface area contributed by atoms with Crippen molar-refractivity contribution in [3.63, 3.8) is 0 Å². The zero-order valence-electron chi connectivity index (χ0n) is 15.2. The molecule has 0 aliphatic heterocycles. The second-order valence-electron chi connectivity index (χ2n) is 6.63. The van der Waals surface area contributed by atoms with E-state index in [1.165, 1.54) is 23.5 Å². The molecule has 5 rings (SSSR count). The van der Waals surface area contributed by atoms with Crippen molar-refractivity contribution in [3.05, 3.63) is 96.0 Å². The van der Waals surface area contributed by atoms with Gasteiger partial charge in [-0.05, 0) is 35.9 Å². The first-order valence-corrected chi connectivity index (χ1v) is 9.89. The highest BCUT2D eigenvalue weighted by atomic mass is 32.1. The highest BCUT2D eigenvalue weighted by Crippen LogP contribution is 2.32. The molecule has 0 atom stereocenters. The van der Waals surface area contributed by atoms with Crippen molar-refractivity contribution in [2.45, 2.75) is 6.54 Å². The number of halogens is 1. The van der Waals surface area contributed by atoms with Gasteiger partial charge >= 0.3 is 0 Å². The van der Waals surface area contributed by atoms with Crippen molar-refractivity contribution in [1.82, 2.24) is 4.98 Å². The molecule has 0 radical (unpaired) electrons. The summed E-state index contributed by atoms with van der Waals surface area (Å²) >= 11 is 1.28. The molecule has 0 fully saturated rings. The monoisotopic (exact) mass is 402 g/mol. The molecule has 3 aromatic carbocycles. The number of rotatable bonds is 4. The largest absolute Gasteiger partial charge is 0.451 e. The van der Waals surface area contributed by atoms with Crippen LogP contribution in [0, 0.1) is 5.82 Å². The van der Waals surface area contributed by atoms with E-state index in [-0.39, 0.29) is 17.5 Å². The van der Waals surface area contributed by atoms with Gasteiger partial charge in [0.15, 0.2) is 10.9 Å². The molecule has 2 aromatic heterocycles. The van der Waals surface area contributed by atoms with E-state index in [9.17, 15) is 9.18 Å². The van der Waals surface area contributed by atoms with Gasteiger partial charge in [-0.2, -0.15) is 0 Å². The summed E-state index contributed by atoms with van der Waals surface area (Å²) in [5.74, 6) is -0.372. The Bertz CT molecular complexity index is 1290. The first kappa shape index (κ1) is 17.6. The fraction of sp³-hybridized carbons (Fsp3) is 0.0435. The third-order valence-corrected chi connectivity index (χ3v) is 5.68. The minimum atomic E-state index is -0.328. The number of para-hydroxylation sites is 1. The van der Waals surface area contributed by atoms with E-state index in [2.05, 4.69) is 4.98 Å². The Balaban J connectivity index is 1.59. The Hall–Kier alpha value is -3.51. The Morgan fingerprint density at radius 3 is 2.62 bits per heavy atom. The minimum Gasteiger partial charge on any atom is -0.451 e. The van der Waals surface area contributed by atoms with Crippen molar-refractivity contribution in [1.29, 1.82) is 0 Å². The van der Waals surface area contributed by atoms with Crippen LogP contribution >= 0.6 is 11.3 Å². The summed E-state index contributed by atoms with van der Waals surface area (Å²) in [5.41, 5.74) is 2.27. The number of thiazole rings is 1. The number of anilines is 1. The van der Waals surface area contributed by atoms with Crippen molar-refractivity contribution >= 4 is 43.6 Å². The van der Waals surface area contributed by atoms with Crippen LogP contribution in [0.15, 0.2) is 83.3 Å². The molecule has 29 heavy (non-hydrogen) atoms. The lowest BCUT2D eigenvalue weighted by Gasteiger charge is -2.18. The molecule has 0 spiro atoms. The number of benzene rings is 3. The number of nitrogens with zero attached hydrogens (tertiary/aromatic N) is 2. The normalized spacial score (nSPS) is 11.2. The van der Waals surface area contributed by atoms with Gasteiger partial charge in [0.1, 0.15) is 11.4 Å². The van der Waals surface area contributed by atoms with Gasteiger partial charge in [0, 0.05) is 5.39 Å². The number of amides is 1. The molecular weight excluding hydrogens is 387 g/mol. The highest BCUT2D eigenvalue weighted by Gasteiger charge is 2.24. The third kappa shape index (κ3) is 3.39. The molecule has 0 bridgehead atoms. The van der Waals surface area contributed by atoms with Gasteiger partial charge in [-0.3, -0.25) is 9.69 Å². The van der Waals surface area contributed by atoms with Crippen molar-refractivity contribution in [2.24, 2.45) is 0 Å². The number of carbonyl (C=O) groups excluding carboxylic acids is 1. The zero-order valence-corrected chi connectivity index (χ0v) is 16.0. The molecule has 0 saturated heterocycles. The Kier molecular flexibility index (Phi) is 4.33. The number of fused-ring (bicyclic) bond motifs is 2. The summed E-state index contributed by atoms with van der Waals surface area (Å²) < 4.78 is 20.1. The second kappa shape index (κ2) is 7.14. The first-order valence-electron chi connectivity index (χ1n) is 9.08. The Morgan fingerprint density at radius 2 is 1.79 bits per heavy atom. The molecule has 0 saturated carbocycles. The van der Waals surface area contributed by atoms with Crippen LogP contribution in [0.4, 0.5) is 9.52 Å². The third-order valence-electron chi connectivity index (χ3n) is 4.64. The van der Waals surface area contributed by atoms with Gasteiger partial charge < -0.3 is 4.42 Å². The van der Waals surface area contributed by atoms with Crippen LogP contribution in [0.25, 0.3) is 21.2 Å². The molecule has 2 heterocycles. The average Bonchev–Trinajstić information content (AvgIpc) is 3.36. The summed E-state index contributed by atoms with van der Waals surface area (Å²) in [5, 5.41) is 1.36. The molecular formula is C23H15FN2O2S. The van der Waals surface area contributed by atoms with Gasteiger partial charge in [0.05, 0.1) is 16.8 Å². The van der Waals surface area contributed by atoms with Crippen LogP contribution in [0.5, 0.6) is 0 Å².